The van der Waals surface area contributed by atoms with Crippen molar-refractivity contribution in [2.75, 3.05) is 20.2 Å². The molecule has 3 N–H and O–H groups in total. The van der Waals surface area contributed by atoms with Crippen LogP contribution >= 0.6 is 0 Å². The standard InChI is InChI=1S/C28H33N7O4/c1-34-17-21-15-25(34)28(38)31-24(14-19-6-3-2-4-7-19)27(37)29-16-22-18-35(33-32-22)12-5-13-39-23-10-8-20(9-11-23)26(36)30-21/h2-4,6-11,18,21,24-25H,5,12-17H2,1H3,(H,29,37)(H,30,36)(H,31,38)/t21-,24+,25-/m0/s1. The molecule has 3 aliphatic heterocycles. The number of benzene rings is 2. The Morgan fingerprint density at radius 3 is 2.59 bits per heavy atom. The number of rotatable bonds is 2. The Bertz CT molecular complexity index is 1290. The fourth-order valence-electron chi connectivity index (χ4n) is 4.96. The number of carbonyl (C=O) groups is 3. The maximum Gasteiger partial charge on any atom is 0.251 e. The van der Waals surface area contributed by atoms with Crippen LogP contribution in [0.2, 0.25) is 0 Å². The third-order valence-corrected chi connectivity index (χ3v) is 7.05. The number of likely N-dealkylation sites (N-methyl/N-ethyl adjacent to an activating group) is 1. The van der Waals surface area contributed by atoms with Gasteiger partial charge in [-0.15, -0.1) is 5.10 Å². The summed E-state index contributed by atoms with van der Waals surface area (Å²) in [5.41, 5.74) is 2.08. The van der Waals surface area contributed by atoms with Gasteiger partial charge in [0.25, 0.3) is 5.91 Å². The monoisotopic (exact) mass is 531 g/mol. The van der Waals surface area contributed by atoms with Crippen molar-refractivity contribution in [1.82, 2.24) is 35.8 Å². The number of aryl methyl sites for hydroxylation is 1. The van der Waals surface area contributed by atoms with Crippen LogP contribution in [0, 0.1) is 0 Å². The van der Waals surface area contributed by atoms with E-state index >= 15 is 0 Å². The Balaban J connectivity index is 1.35. The van der Waals surface area contributed by atoms with Crippen molar-refractivity contribution in [3.05, 3.63) is 77.6 Å². The normalized spacial score (nSPS) is 23.1. The first kappa shape index (κ1) is 26.4. The van der Waals surface area contributed by atoms with Gasteiger partial charge in [-0.3, -0.25) is 24.0 Å². The van der Waals surface area contributed by atoms with Gasteiger partial charge in [0, 0.05) is 37.5 Å². The summed E-state index contributed by atoms with van der Waals surface area (Å²) in [6, 6.07) is 15.1. The van der Waals surface area contributed by atoms with Crippen LogP contribution in [-0.2, 0) is 29.1 Å². The molecule has 4 heterocycles. The van der Waals surface area contributed by atoms with E-state index in [0.717, 1.165) is 5.56 Å². The van der Waals surface area contributed by atoms with Crippen LogP contribution in [0.15, 0.2) is 60.8 Å². The molecular formula is C28H33N7O4. The van der Waals surface area contributed by atoms with E-state index in [9.17, 15) is 14.4 Å². The second-order valence-corrected chi connectivity index (χ2v) is 10.0. The summed E-state index contributed by atoms with van der Waals surface area (Å²) in [7, 11) is 1.85. The van der Waals surface area contributed by atoms with Gasteiger partial charge in [-0.2, -0.15) is 0 Å². The molecule has 0 radical (unpaired) electrons. The van der Waals surface area contributed by atoms with Gasteiger partial charge in [-0.25, -0.2) is 0 Å². The van der Waals surface area contributed by atoms with Gasteiger partial charge >= 0.3 is 0 Å². The van der Waals surface area contributed by atoms with Crippen molar-refractivity contribution in [3.8, 4) is 5.75 Å². The number of likely N-dealkylation sites (tertiary alicyclic amines) is 1. The Hall–Kier alpha value is -4.25. The average molecular weight is 532 g/mol. The van der Waals surface area contributed by atoms with Gasteiger partial charge < -0.3 is 20.7 Å². The summed E-state index contributed by atoms with van der Waals surface area (Å²) in [6.45, 7) is 1.80. The fourth-order valence-corrected chi connectivity index (χ4v) is 4.96. The van der Waals surface area contributed by atoms with E-state index in [4.69, 9.17) is 4.74 Å². The summed E-state index contributed by atoms with van der Waals surface area (Å²) in [5.74, 6) is -0.0738. The molecule has 1 saturated heterocycles. The molecule has 0 unspecified atom stereocenters. The Morgan fingerprint density at radius 1 is 1.00 bits per heavy atom. The zero-order valence-electron chi connectivity index (χ0n) is 21.9. The molecule has 0 spiro atoms. The van der Waals surface area contributed by atoms with Gasteiger partial charge in [-0.1, -0.05) is 35.5 Å². The van der Waals surface area contributed by atoms with Crippen LogP contribution in [0.3, 0.4) is 0 Å². The third kappa shape index (κ3) is 6.80. The fraction of sp³-hybridized carbons (Fsp3) is 0.393. The first-order valence-corrected chi connectivity index (χ1v) is 13.2. The molecule has 39 heavy (non-hydrogen) atoms. The lowest BCUT2D eigenvalue weighted by Gasteiger charge is -2.23. The summed E-state index contributed by atoms with van der Waals surface area (Å²) in [4.78, 5) is 41.4. The van der Waals surface area contributed by atoms with E-state index in [1.54, 1.807) is 35.1 Å². The van der Waals surface area contributed by atoms with Gasteiger partial charge in [0.15, 0.2) is 0 Å². The maximum atomic E-state index is 13.4. The number of hydrogen-bond donors (Lipinski definition) is 3. The topological polar surface area (TPSA) is 130 Å². The van der Waals surface area contributed by atoms with Crippen LogP contribution in [0.5, 0.6) is 5.75 Å². The number of ether oxygens (including phenoxy) is 1. The molecular weight excluding hydrogens is 498 g/mol. The van der Waals surface area contributed by atoms with Crippen LogP contribution in [0.1, 0.15) is 34.5 Å². The predicted molar refractivity (Wildman–Crippen MR) is 143 cm³/mol. The Morgan fingerprint density at radius 2 is 1.79 bits per heavy atom. The molecule has 1 aromatic heterocycles. The molecule has 3 atom stereocenters. The highest BCUT2D eigenvalue weighted by Crippen LogP contribution is 2.18. The lowest BCUT2D eigenvalue weighted by atomic mass is 10.0. The highest BCUT2D eigenvalue weighted by atomic mass is 16.5. The second-order valence-electron chi connectivity index (χ2n) is 10.0. The van der Waals surface area contributed by atoms with Crippen molar-refractivity contribution in [3.63, 3.8) is 0 Å². The lowest BCUT2D eigenvalue weighted by molar-refractivity contribution is -0.131. The van der Waals surface area contributed by atoms with E-state index < -0.39 is 12.1 Å². The SMILES string of the molecule is CN1C[C@@H]2C[C@H]1C(=O)N[C@H](Cc1ccccc1)C(=O)NCc1cn(nn1)CCCOc1ccc(cc1)C(=O)N2. The minimum absolute atomic E-state index is 0.195. The van der Waals surface area contributed by atoms with Gasteiger partial charge in [-0.05, 0) is 43.3 Å². The second kappa shape index (κ2) is 12.1. The van der Waals surface area contributed by atoms with Gasteiger partial charge in [0.2, 0.25) is 11.8 Å². The lowest BCUT2D eigenvalue weighted by Crippen LogP contribution is -2.52. The molecule has 11 heteroatoms. The predicted octanol–water partition coefficient (Wildman–Crippen LogP) is 0.907. The number of nitrogens with one attached hydrogen (secondary N) is 3. The Kier molecular flexibility index (Phi) is 8.16. The van der Waals surface area contributed by atoms with Gasteiger partial charge in [0.05, 0.1) is 25.4 Å². The maximum absolute atomic E-state index is 13.4. The largest absolute Gasteiger partial charge is 0.494 e. The number of carbonyl (C=O) groups excluding carboxylic acids is 3. The zero-order chi connectivity index (χ0) is 27.2. The highest BCUT2D eigenvalue weighted by molar-refractivity contribution is 5.95. The first-order valence-electron chi connectivity index (χ1n) is 13.2. The van der Waals surface area contributed by atoms with Crippen molar-refractivity contribution < 1.29 is 19.1 Å². The summed E-state index contributed by atoms with van der Waals surface area (Å²) < 4.78 is 7.51. The number of aromatic nitrogens is 3. The van der Waals surface area contributed by atoms with Crippen molar-refractivity contribution in [2.45, 2.75) is 50.5 Å². The molecule has 11 nitrogen and oxygen atoms in total. The Labute approximate surface area is 226 Å². The quantitative estimate of drug-likeness (QED) is 0.448. The van der Waals surface area contributed by atoms with Crippen LogP contribution < -0.4 is 20.7 Å². The van der Waals surface area contributed by atoms with E-state index in [2.05, 4.69) is 26.3 Å². The van der Waals surface area contributed by atoms with E-state index in [1.807, 2.05) is 42.3 Å². The van der Waals surface area contributed by atoms with Crippen LogP contribution in [0.25, 0.3) is 0 Å². The number of nitrogens with zero attached hydrogens (tertiary/aromatic N) is 4. The molecule has 3 aliphatic rings. The minimum Gasteiger partial charge on any atom is -0.494 e. The first-order chi connectivity index (χ1) is 18.9. The molecule has 0 saturated carbocycles. The third-order valence-electron chi connectivity index (χ3n) is 7.05. The highest BCUT2D eigenvalue weighted by Gasteiger charge is 2.37. The molecule has 6 rings (SSSR count). The minimum atomic E-state index is -0.773. The number of hydrogen-bond acceptors (Lipinski definition) is 7. The van der Waals surface area contributed by atoms with Crippen LogP contribution in [-0.4, -0.2) is 75.9 Å². The molecule has 3 amide bonds. The molecule has 0 aliphatic carbocycles. The average Bonchev–Trinajstić information content (AvgIpc) is 3.55. The summed E-state index contributed by atoms with van der Waals surface area (Å²) >= 11 is 0. The number of amides is 3. The zero-order valence-corrected chi connectivity index (χ0v) is 21.9. The molecule has 6 bridgehead atoms. The summed E-state index contributed by atoms with van der Waals surface area (Å²) in [5, 5.41) is 17.2. The van der Waals surface area contributed by atoms with Crippen molar-refractivity contribution >= 4 is 17.7 Å². The van der Waals surface area contributed by atoms with E-state index in [-0.39, 0.29) is 30.3 Å². The van der Waals surface area contributed by atoms with Crippen molar-refractivity contribution in [1.29, 1.82) is 0 Å². The van der Waals surface area contributed by atoms with Crippen LogP contribution in [0.4, 0.5) is 0 Å². The smallest absolute Gasteiger partial charge is 0.251 e. The van der Waals surface area contributed by atoms with E-state index in [0.29, 0.717) is 56.0 Å². The number of fused-ring (bicyclic) bond motifs is 11. The van der Waals surface area contributed by atoms with Gasteiger partial charge in [0.1, 0.15) is 17.5 Å². The molecule has 2 aromatic carbocycles. The molecule has 1 fully saturated rings. The molecule has 204 valence electrons. The molecule has 3 aromatic rings. The van der Waals surface area contributed by atoms with E-state index in [1.165, 1.54) is 0 Å². The van der Waals surface area contributed by atoms with Crippen molar-refractivity contribution in [2.24, 2.45) is 0 Å². The summed E-state index contributed by atoms with van der Waals surface area (Å²) in [6.07, 6.45) is 3.28.